The minimum Gasteiger partial charge on any atom is -0.275 e. The first kappa shape index (κ1) is 27.3. The zero-order valence-electron chi connectivity index (χ0n) is 21.9. The Bertz CT molecular complexity index is 653. The Morgan fingerprint density at radius 3 is 1.65 bits per heavy atom. The molecule has 6 atom stereocenters. The zero-order chi connectivity index (χ0) is 24.8. The first-order valence-electron chi connectivity index (χ1n) is 13.3. The van der Waals surface area contributed by atoms with Crippen LogP contribution in [0.1, 0.15) is 86.5 Å². The molecule has 0 spiro atoms. The summed E-state index contributed by atoms with van der Waals surface area (Å²) in [6.07, 6.45) is 8.55. The molecule has 0 aromatic rings. The summed E-state index contributed by atoms with van der Waals surface area (Å²) >= 11 is 0. The topological polar surface area (TPSA) is 74.3 Å². The van der Waals surface area contributed by atoms with Gasteiger partial charge in [0, 0.05) is 25.1 Å². The van der Waals surface area contributed by atoms with Crippen LogP contribution in [-0.4, -0.2) is 41.8 Å². The van der Waals surface area contributed by atoms with Gasteiger partial charge in [0.1, 0.15) is 0 Å². The normalized spacial score (nSPS) is 33.4. The van der Waals surface area contributed by atoms with Crippen molar-refractivity contribution in [1.82, 2.24) is 4.90 Å². The second-order valence-electron chi connectivity index (χ2n) is 11.5. The van der Waals surface area contributed by atoms with Crippen LogP contribution < -0.4 is 0 Å². The average Bonchev–Trinajstić information content (AvgIpc) is 3.10. The lowest BCUT2D eigenvalue weighted by molar-refractivity contribution is -0.490. The third kappa shape index (κ3) is 7.36. The lowest BCUT2D eigenvalue weighted by atomic mass is 9.75. The molecule has 2 aliphatic carbocycles. The maximum Gasteiger partial charge on any atom is 0.253 e. The molecule has 0 aromatic carbocycles. The van der Waals surface area contributed by atoms with Gasteiger partial charge < -0.3 is 0 Å². The van der Waals surface area contributed by atoms with E-state index in [9.17, 15) is 9.59 Å². The average molecular weight is 480 g/mol. The van der Waals surface area contributed by atoms with Crippen LogP contribution >= 0.6 is 0 Å². The van der Waals surface area contributed by atoms with Crippen molar-refractivity contribution in [3.8, 4) is 0 Å². The van der Waals surface area contributed by atoms with Crippen LogP contribution in [0.3, 0.4) is 0 Å². The van der Waals surface area contributed by atoms with Gasteiger partial charge in [-0.05, 0) is 61.2 Å². The molecule has 3 aliphatic rings. The molecule has 2 saturated carbocycles. The van der Waals surface area contributed by atoms with Gasteiger partial charge in [0.15, 0.2) is 0 Å². The van der Waals surface area contributed by atoms with Crippen molar-refractivity contribution in [3.05, 3.63) is 12.2 Å². The summed E-state index contributed by atoms with van der Waals surface area (Å²) in [4.78, 5) is 48.8. The number of rotatable bonds is 11. The Balaban J connectivity index is 1.62. The largest absolute Gasteiger partial charge is 0.275 e. The predicted octanol–water partition coefficient (Wildman–Crippen LogP) is 5.45. The number of imide groups is 1. The Morgan fingerprint density at radius 1 is 0.794 bits per heavy atom. The van der Waals surface area contributed by atoms with Gasteiger partial charge in [0.25, 0.3) is 11.8 Å². The van der Waals surface area contributed by atoms with Gasteiger partial charge in [-0.3, -0.25) is 14.5 Å². The van der Waals surface area contributed by atoms with Gasteiger partial charge in [-0.25, -0.2) is 19.6 Å². The monoisotopic (exact) mass is 479 g/mol. The van der Waals surface area contributed by atoms with Crippen molar-refractivity contribution < 1.29 is 29.1 Å². The lowest BCUT2D eigenvalue weighted by Gasteiger charge is -2.38. The standard InChI is InChI=1S/C27H45NO6/c1-17(2)21-9-7-19(5)15-23(21)31-33-27(13-14-28-25(29)11-12-26(28)30)34-32-24-16-20(6)8-10-22(24)18(3)4/h11-12,17-24,27H,7-10,13-16H2,1-6H3. The molecule has 0 saturated heterocycles. The highest BCUT2D eigenvalue weighted by atomic mass is 17.3. The smallest absolute Gasteiger partial charge is 0.253 e. The number of hydrogen-bond donors (Lipinski definition) is 0. The highest BCUT2D eigenvalue weighted by Gasteiger charge is 2.36. The van der Waals surface area contributed by atoms with E-state index in [2.05, 4.69) is 41.5 Å². The zero-order valence-corrected chi connectivity index (χ0v) is 21.9. The Morgan fingerprint density at radius 2 is 1.24 bits per heavy atom. The molecule has 1 aliphatic heterocycles. The Kier molecular flexibility index (Phi) is 10.1. The van der Waals surface area contributed by atoms with Crippen LogP contribution in [0, 0.1) is 35.5 Å². The van der Waals surface area contributed by atoms with Gasteiger partial charge in [0.05, 0.1) is 12.2 Å². The van der Waals surface area contributed by atoms with Gasteiger partial charge in [-0.15, -0.1) is 0 Å². The van der Waals surface area contributed by atoms with Crippen molar-refractivity contribution in [2.45, 2.75) is 105 Å². The summed E-state index contributed by atoms with van der Waals surface area (Å²) in [5.41, 5.74) is 0. The maximum absolute atomic E-state index is 12.0. The van der Waals surface area contributed by atoms with Gasteiger partial charge in [-0.1, -0.05) is 54.4 Å². The van der Waals surface area contributed by atoms with E-state index in [1.165, 1.54) is 29.9 Å². The summed E-state index contributed by atoms with van der Waals surface area (Å²) in [5.74, 6) is 2.39. The van der Waals surface area contributed by atoms with E-state index in [4.69, 9.17) is 19.6 Å². The molecule has 0 bridgehead atoms. The van der Waals surface area contributed by atoms with E-state index in [0.717, 1.165) is 25.7 Å². The number of amides is 2. The summed E-state index contributed by atoms with van der Waals surface area (Å²) in [5, 5.41) is 0. The van der Waals surface area contributed by atoms with Crippen molar-refractivity contribution in [1.29, 1.82) is 0 Å². The molecule has 7 nitrogen and oxygen atoms in total. The summed E-state index contributed by atoms with van der Waals surface area (Å²) in [6.45, 7) is 13.6. The molecule has 34 heavy (non-hydrogen) atoms. The third-order valence-corrected chi connectivity index (χ3v) is 7.98. The minimum absolute atomic E-state index is 0.00955. The van der Waals surface area contributed by atoms with Crippen molar-refractivity contribution in [3.63, 3.8) is 0 Å². The molecule has 6 unspecified atom stereocenters. The molecule has 0 N–H and O–H groups in total. The first-order valence-corrected chi connectivity index (χ1v) is 13.3. The van der Waals surface area contributed by atoms with E-state index in [-0.39, 0.29) is 37.0 Å². The lowest BCUT2D eigenvalue weighted by Crippen LogP contribution is -2.39. The van der Waals surface area contributed by atoms with Crippen LogP contribution in [0.5, 0.6) is 0 Å². The predicted molar refractivity (Wildman–Crippen MR) is 129 cm³/mol. The van der Waals surface area contributed by atoms with Crippen LogP contribution in [0.25, 0.3) is 0 Å². The SMILES string of the molecule is CC1CCC(C(C)C)C(OOC(CCN2C(=O)C=CC2=O)OOC2CC(C)CCC2C(C)C)C1. The van der Waals surface area contributed by atoms with Crippen LogP contribution in [0.4, 0.5) is 0 Å². The highest BCUT2D eigenvalue weighted by Crippen LogP contribution is 2.37. The maximum atomic E-state index is 12.0. The molecule has 3 rings (SSSR count). The third-order valence-electron chi connectivity index (χ3n) is 7.98. The molecule has 2 fully saturated rings. The summed E-state index contributed by atoms with van der Waals surface area (Å²) in [6, 6.07) is 0. The minimum atomic E-state index is -0.823. The van der Waals surface area contributed by atoms with Crippen LogP contribution in [-0.2, 0) is 29.1 Å². The molecular weight excluding hydrogens is 434 g/mol. The second-order valence-corrected chi connectivity index (χ2v) is 11.5. The molecule has 194 valence electrons. The Hall–Kier alpha value is -1.28. The van der Waals surface area contributed by atoms with Gasteiger partial charge >= 0.3 is 0 Å². The summed E-state index contributed by atoms with van der Waals surface area (Å²) < 4.78 is 0. The molecule has 1 heterocycles. The van der Waals surface area contributed by atoms with E-state index >= 15 is 0 Å². The van der Waals surface area contributed by atoms with E-state index in [1.807, 2.05) is 0 Å². The molecule has 2 amide bonds. The summed E-state index contributed by atoms with van der Waals surface area (Å²) in [7, 11) is 0. The Labute approximate surface area is 205 Å². The second kappa shape index (κ2) is 12.6. The van der Waals surface area contributed by atoms with Gasteiger partial charge in [0.2, 0.25) is 6.29 Å². The van der Waals surface area contributed by atoms with Crippen molar-refractivity contribution in [2.75, 3.05) is 6.54 Å². The fraction of sp³-hybridized carbons (Fsp3) is 0.852. The molecule has 0 radical (unpaired) electrons. The van der Waals surface area contributed by atoms with E-state index < -0.39 is 6.29 Å². The highest BCUT2D eigenvalue weighted by molar-refractivity contribution is 6.12. The van der Waals surface area contributed by atoms with E-state index in [0.29, 0.717) is 35.5 Å². The number of carbonyl (C=O) groups is 2. The number of nitrogens with zero attached hydrogens (tertiary/aromatic N) is 1. The van der Waals surface area contributed by atoms with Gasteiger partial charge in [-0.2, -0.15) is 0 Å². The quantitative estimate of drug-likeness (QED) is 0.170. The number of hydrogen-bond acceptors (Lipinski definition) is 6. The fourth-order valence-electron chi connectivity index (χ4n) is 5.72. The van der Waals surface area contributed by atoms with Crippen LogP contribution in [0.2, 0.25) is 0 Å². The van der Waals surface area contributed by atoms with E-state index in [1.54, 1.807) is 0 Å². The first-order chi connectivity index (χ1) is 16.2. The molecule has 7 heteroatoms. The van der Waals surface area contributed by atoms with Crippen molar-refractivity contribution >= 4 is 11.8 Å². The molecular formula is C27H45NO6. The van der Waals surface area contributed by atoms with Crippen molar-refractivity contribution in [2.24, 2.45) is 35.5 Å². The fourth-order valence-corrected chi connectivity index (χ4v) is 5.72. The number of carbonyl (C=O) groups excluding carboxylic acids is 2. The molecule has 0 aromatic heterocycles. The van der Waals surface area contributed by atoms with Crippen LogP contribution in [0.15, 0.2) is 12.2 Å².